The van der Waals surface area contributed by atoms with E-state index < -0.39 is 0 Å². The lowest BCUT2D eigenvalue weighted by Crippen LogP contribution is -2.38. The molecule has 7 heteroatoms. The molecule has 0 aliphatic heterocycles. The van der Waals surface area contributed by atoms with Gasteiger partial charge in [-0.05, 0) is 60.2 Å². The molecule has 2 N–H and O–H groups in total. The van der Waals surface area contributed by atoms with Gasteiger partial charge in [0, 0.05) is 17.1 Å². The van der Waals surface area contributed by atoms with Crippen molar-refractivity contribution in [2.45, 2.75) is 6.54 Å². The van der Waals surface area contributed by atoms with Gasteiger partial charge < -0.3 is 14.8 Å². The van der Waals surface area contributed by atoms with Crippen LogP contribution in [0.5, 0.6) is 11.5 Å². The van der Waals surface area contributed by atoms with Crippen LogP contribution in [0.25, 0.3) is 0 Å². The Balaban J connectivity index is 1.40. The minimum atomic E-state index is -0.300. The van der Waals surface area contributed by atoms with Gasteiger partial charge in [-0.3, -0.25) is 10.1 Å². The van der Waals surface area contributed by atoms with Crippen molar-refractivity contribution < 1.29 is 14.3 Å². The number of rotatable bonds is 8. The molecule has 0 atom stereocenters. The van der Waals surface area contributed by atoms with E-state index in [0.29, 0.717) is 36.1 Å². The van der Waals surface area contributed by atoms with Gasteiger partial charge in [-0.1, -0.05) is 48.0 Å². The average molecular weight is 441 g/mol. The van der Waals surface area contributed by atoms with Gasteiger partial charge in [0.2, 0.25) is 0 Å². The monoisotopic (exact) mass is 440 g/mol. The Morgan fingerprint density at radius 2 is 1.43 bits per heavy atom. The molecule has 3 aromatic carbocycles. The lowest BCUT2D eigenvalue weighted by Gasteiger charge is -2.11. The summed E-state index contributed by atoms with van der Waals surface area (Å²) in [6.07, 6.45) is 0. The van der Waals surface area contributed by atoms with Gasteiger partial charge in [0.25, 0.3) is 5.91 Å². The standard InChI is InChI=1S/C23H21ClN2O3S/c24-21-9-5-4-6-18(21)16-25-23(30)26-22(27)17-10-12-20(13-11-17)29-15-14-28-19-7-2-1-3-8-19/h1-13H,14-16H2,(H2,25,26,27,30). The smallest absolute Gasteiger partial charge is 0.257 e. The summed E-state index contributed by atoms with van der Waals surface area (Å²) in [7, 11) is 0. The van der Waals surface area contributed by atoms with Gasteiger partial charge in [0.1, 0.15) is 24.7 Å². The van der Waals surface area contributed by atoms with Crippen molar-refractivity contribution in [3.63, 3.8) is 0 Å². The Morgan fingerprint density at radius 3 is 2.10 bits per heavy atom. The molecule has 30 heavy (non-hydrogen) atoms. The van der Waals surface area contributed by atoms with Gasteiger partial charge in [0.05, 0.1) is 0 Å². The highest BCUT2D eigenvalue weighted by Gasteiger charge is 2.08. The Bertz CT molecular complexity index is 981. The van der Waals surface area contributed by atoms with Crippen LogP contribution in [0.1, 0.15) is 15.9 Å². The van der Waals surface area contributed by atoms with Crippen LogP contribution >= 0.6 is 23.8 Å². The van der Waals surface area contributed by atoms with Crippen LogP contribution in [0.15, 0.2) is 78.9 Å². The number of nitrogens with one attached hydrogen (secondary N) is 2. The summed E-state index contributed by atoms with van der Waals surface area (Å²) in [5, 5.41) is 6.51. The molecule has 0 spiro atoms. The first kappa shape index (κ1) is 21.6. The summed E-state index contributed by atoms with van der Waals surface area (Å²) >= 11 is 11.3. The predicted octanol–water partition coefficient (Wildman–Crippen LogP) is 4.60. The van der Waals surface area contributed by atoms with Crippen LogP contribution in [0.4, 0.5) is 0 Å². The highest BCUT2D eigenvalue weighted by Crippen LogP contribution is 2.15. The molecule has 0 saturated heterocycles. The van der Waals surface area contributed by atoms with Gasteiger partial charge in [-0.2, -0.15) is 0 Å². The molecule has 154 valence electrons. The van der Waals surface area contributed by atoms with Crippen LogP contribution in [-0.4, -0.2) is 24.2 Å². The van der Waals surface area contributed by atoms with E-state index in [4.69, 9.17) is 33.3 Å². The Kier molecular flexibility index (Phi) is 8.06. The minimum Gasteiger partial charge on any atom is -0.490 e. The first-order valence-electron chi connectivity index (χ1n) is 9.35. The molecule has 0 heterocycles. The van der Waals surface area contributed by atoms with Crippen molar-refractivity contribution in [2.24, 2.45) is 0 Å². The van der Waals surface area contributed by atoms with Crippen molar-refractivity contribution in [1.29, 1.82) is 0 Å². The van der Waals surface area contributed by atoms with E-state index in [-0.39, 0.29) is 11.0 Å². The first-order chi connectivity index (χ1) is 14.6. The van der Waals surface area contributed by atoms with Gasteiger partial charge >= 0.3 is 0 Å². The summed E-state index contributed by atoms with van der Waals surface area (Å²) in [4.78, 5) is 12.3. The third-order valence-electron chi connectivity index (χ3n) is 4.10. The molecule has 1 amide bonds. The van der Waals surface area contributed by atoms with Crippen molar-refractivity contribution in [1.82, 2.24) is 10.6 Å². The number of benzene rings is 3. The lowest BCUT2D eigenvalue weighted by molar-refractivity contribution is 0.0976. The van der Waals surface area contributed by atoms with Crippen LogP contribution < -0.4 is 20.1 Å². The van der Waals surface area contributed by atoms with Crippen molar-refractivity contribution in [3.8, 4) is 11.5 Å². The molecular weight excluding hydrogens is 420 g/mol. The zero-order chi connectivity index (χ0) is 21.2. The number of hydrogen-bond donors (Lipinski definition) is 2. The molecule has 0 bridgehead atoms. The molecule has 0 fully saturated rings. The maximum atomic E-state index is 12.3. The Hall–Kier alpha value is -3.09. The third kappa shape index (κ3) is 6.76. The number of ether oxygens (including phenoxy) is 2. The van der Waals surface area contributed by atoms with Crippen LogP contribution in [0.3, 0.4) is 0 Å². The predicted molar refractivity (Wildman–Crippen MR) is 122 cm³/mol. The largest absolute Gasteiger partial charge is 0.490 e. The summed E-state index contributed by atoms with van der Waals surface area (Å²) in [6, 6.07) is 23.8. The number of carbonyl (C=O) groups excluding carboxylic acids is 1. The van der Waals surface area contributed by atoms with Gasteiger partial charge in [-0.25, -0.2) is 0 Å². The molecule has 0 unspecified atom stereocenters. The molecule has 5 nitrogen and oxygen atoms in total. The van der Waals surface area contributed by atoms with E-state index in [2.05, 4.69) is 10.6 Å². The molecule has 3 rings (SSSR count). The molecule has 0 saturated carbocycles. The molecular formula is C23H21ClN2O3S. The van der Waals surface area contributed by atoms with Crippen molar-refractivity contribution in [2.75, 3.05) is 13.2 Å². The van der Waals surface area contributed by atoms with E-state index in [0.717, 1.165) is 11.3 Å². The van der Waals surface area contributed by atoms with E-state index in [1.54, 1.807) is 30.3 Å². The summed E-state index contributed by atoms with van der Waals surface area (Å²) < 4.78 is 11.2. The number of para-hydroxylation sites is 1. The third-order valence-corrected chi connectivity index (χ3v) is 4.72. The number of halogens is 1. The van der Waals surface area contributed by atoms with Crippen molar-refractivity contribution in [3.05, 3.63) is 95.0 Å². The number of thiocarbonyl (C=S) groups is 1. The highest BCUT2D eigenvalue weighted by atomic mass is 35.5. The lowest BCUT2D eigenvalue weighted by atomic mass is 10.2. The zero-order valence-corrected chi connectivity index (χ0v) is 17.7. The second kappa shape index (κ2) is 11.2. The number of amides is 1. The minimum absolute atomic E-state index is 0.235. The van der Waals surface area contributed by atoms with Crippen LogP contribution in [-0.2, 0) is 6.54 Å². The molecule has 0 aliphatic carbocycles. The summed E-state index contributed by atoms with van der Waals surface area (Å²) in [5.74, 6) is 1.15. The average Bonchev–Trinajstić information content (AvgIpc) is 2.77. The number of carbonyl (C=O) groups is 1. The second-order valence-electron chi connectivity index (χ2n) is 6.26. The van der Waals surface area contributed by atoms with Crippen LogP contribution in [0.2, 0.25) is 5.02 Å². The fourth-order valence-electron chi connectivity index (χ4n) is 2.58. The molecule has 0 radical (unpaired) electrons. The Labute approximate surface area is 186 Å². The first-order valence-corrected chi connectivity index (χ1v) is 10.1. The highest BCUT2D eigenvalue weighted by molar-refractivity contribution is 7.80. The fraction of sp³-hybridized carbons (Fsp3) is 0.130. The number of hydrogen-bond acceptors (Lipinski definition) is 4. The zero-order valence-electron chi connectivity index (χ0n) is 16.1. The summed E-state index contributed by atoms with van der Waals surface area (Å²) in [6.45, 7) is 1.25. The van der Waals surface area contributed by atoms with E-state index in [1.165, 1.54) is 0 Å². The Morgan fingerprint density at radius 1 is 0.833 bits per heavy atom. The SMILES string of the molecule is O=C(NC(=S)NCc1ccccc1Cl)c1ccc(OCCOc2ccccc2)cc1. The van der Waals surface area contributed by atoms with E-state index in [1.807, 2.05) is 48.5 Å². The molecule has 3 aromatic rings. The van der Waals surface area contributed by atoms with Crippen molar-refractivity contribution >= 4 is 34.8 Å². The summed E-state index contributed by atoms with van der Waals surface area (Å²) in [5.41, 5.74) is 1.37. The molecule has 0 aliphatic rings. The maximum absolute atomic E-state index is 12.3. The second-order valence-corrected chi connectivity index (χ2v) is 7.08. The van der Waals surface area contributed by atoms with E-state index in [9.17, 15) is 4.79 Å². The molecule has 0 aromatic heterocycles. The fourth-order valence-corrected chi connectivity index (χ4v) is 2.94. The maximum Gasteiger partial charge on any atom is 0.257 e. The van der Waals surface area contributed by atoms with Gasteiger partial charge in [0.15, 0.2) is 5.11 Å². The normalized spacial score (nSPS) is 10.2. The van der Waals surface area contributed by atoms with Gasteiger partial charge in [-0.15, -0.1) is 0 Å². The quantitative estimate of drug-likeness (QED) is 0.396. The topological polar surface area (TPSA) is 59.6 Å². The van der Waals surface area contributed by atoms with Crippen LogP contribution in [0, 0.1) is 0 Å². The van der Waals surface area contributed by atoms with E-state index >= 15 is 0 Å².